The Morgan fingerprint density at radius 2 is 2.28 bits per heavy atom. The highest BCUT2D eigenvalue weighted by Crippen LogP contribution is 2.42. The fourth-order valence-corrected chi connectivity index (χ4v) is 4.73. The number of hydrogen-bond acceptors (Lipinski definition) is 6. The molecule has 0 saturated carbocycles. The molecule has 6 heteroatoms. The second-order valence-electron chi connectivity index (χ2n) is 5.25. The van der Waals surface area contributed by atoms with Gasteiger partial charge in [0, 0.05) is 6.61 Å². The summed E-state index contributed by atoms with van der Waals surface area (Å²) in [5.74, 6) is 2.94. The lowest BCUT2D eigenvalue weighted by molar-refractivity contribution is -0.106. The van der Waals surface area contributed by atoms with Gasteiger partial charge in [0.1, 0.15) is 0 Å². The largest absolute Gasteiger partial charge is 0.375 e. The molecular weight excluding hydrogens is 266 g/mol. The average molecular weight is 285 g/mol. The lowest BCUT2D eigenvalue weighted by Gasteiger charge is -2.44. The first kappa shape index (κ1) is 12.8. The van der Waals surface area contributed by atoms with Crippen LogP contribution in [0.5, 0.6) is 0 Å². The lowest BCUT2D eigenvalue weighted by atomic mass is 9.78. The Labute approximate surface area is 116 Å². The number of nitrogens with two attached hydrogens (primary N) is 1. The first-order valence-electron chi connectivity index (χ1n) is 6.54. The number of hydrogen-bond donors (Lipinski definition) is 1. The van der Waals surface area contributed by atoms with Crippen LogP contribution in [0.2, 0.25) is 0 Å². The molecule has 2 N–H and O–H groups in total. The van der Waals surface area contributed by atoms with Gasteiger partial charge < -0.3 is 10.5 Å². The maximum Gasteiger partial charge on any atom is 0.0912 e. The molecule has 1 spiro atoms. The van der Waals surface area contributed by atoms with Crippen molar-refractivity contribution in [2.75, 3.05) is 18.1 Å². The Balaban J connectivity index is 1.70. The summed E-state index contributed by atoms with van der Waals surface area (Å²) in [6.07, 6.45) is 6.31. The highest BCUT2D eigenvalue weighted by atomic mass is 32.2. The van der Waals surface area contributed by atoms with E-state index in [1.807, 2.05) is 18.0 Å². The molecule has 2 aliphatic heterocycles. The molecule has 0 amide bonds. The van der Waals surface area contributed by atoms with Crippen molar-refractivity contribution in [1.82, 2.24) is 8.75 Å². The van der Waals surface area contributed by atoms with Gasteiger partial charge in [-0.1, -0.05) is 0 Å². The van der Waals surface area contributed by atoms with E-state index in [1.54, 1.807) is 0 Å². The van der Waals surface area contributed by atoms with E-state index in [9.17, 15) is 0 Å². The quantitative estimate of drug-likeness (QED) is 0.903. The fraction of sp³-hybridized carbons (Fsp3) is 0.833. The van der Waals surface area contributed by atoms with Gasteiger partial charge in [-0.25, -0.2) is 0 Å². The van der Waals surface area contributed by atoms with Crippen LogP contribution in [-0.4, -0.2) is 32.5 Å². The monoisotopic (exact) mass is 285 g/mol. The number of rotatable bonds is 2. The first-order chi connectivity index (χ1) is 8.79. The van der Waals surface area contributed by atoms with Crippen LogP contribution in [0.15, 0.2) is 6.20 Å². The molecule has 2 fully saturated rings. The minimum Gasteiger partial charge on any atom is -0.375 e. The van der Waals surface area contributed by atoms with Gasteiger partial charge in [-0.05, 0) is 43.1 Å². The van der Waals surface area contributed by atoms with E-state index in [0.717, 1.165) is 25.1 Å². The summed E-state index contributed by atoms with van der Waals surface area (Å²) >= 11 is 3.28. The summed E-state index contributed by atoms with van der Waals surface area (Å²) in [6, 6.07) is 0.0269. The third-order valence-electron chi connectivity index (χ3n) is 4.16. The molecule has 2 atom stereocenters. The molecule has 2 saturated heterocycles. The second-order valence-corrected chi connectivity index (χ2v) is 7.04. The van der Waals surface area contributed by atoms with Gasteiger partial charge in [-0.3, -0.25) is 0 Å². The highest BCUT2D eigenvalue weighted by molar-refractivity contribution is 7.99. The molecule has 3 rings (SSSR count). The van der Waals surface area contributed by atoms with Gasteiger partial charge in [-0.15, -0.1) is 0 Å². The molecule has 3 heterocycles. The molecular formula is C12H19N3OS2. The summed E-state index contributed by atoms with van der Waals surface area (Å²) in [4.78, 5) is 0. The van der Waals surface area contributed by atoms with E-state index >= 15 is 0 Å². The number of ether oxygens (including phenoxy) is 1. The molecule has 100 valence electrons. The fourth-order valence-electron chi connectivity index (χ4n) is 3.02. The van der Waals surface area contributed by atoms with Crippen molar-refractivity contribution in [2.45, 2.75) is 37.3 Å². The summed E-state index contributed by atoms with van der Waals surface area (Å²) in [7, 11) is 0. The molecule has 0 aromatic carbocycles. The zero-order valence-corrected chi connectivity index (χ0v) is 12.0. The molecule has 0 radical (unpaired) electrons. The normalized spacial score (nSPS) is 29.3. The van der Waals surface area contributed by atoms with Crippen molar-refractivity contribution in [3.63, 3.8) is 0 Å². The van der Waals surface area contributed by atoms with Crippen molar-refractivity contribution < 1.29 is 4.74 Å². The zero-order chi connectivity index (χ0) is 12.4. The summed E-state index contributed by atoms with van der Waals surface area (Å²) in [6.45, 7) is 0.848. The van der Waals surface area contributed by atoms with E-state index < -0.39 is 0 Å². The Kier molecular flexibility index (Phi) is 3.89. The highest BCUT2D eigenvalue weighted by Gasteiger charge is 2.40. The predicted octanol–water partition coefficient (Wildman–Crippen LogP) is 2.23. The van der Waals surface area contributed by atoms with Crippen molar-refractivity contribution in [2.24, 2.45) is 11.7 Å². The maximum absolute atomic E-state index is 6.35. The van der Waals surface area contributed by atoms with Crippen LogP contribution in [0, 0.1) is 5.92 Å². The van der Waals surface area contributed by atoms with E-state index in [4.69, 9.17) is 10.5 Å². The number of thioether (sulfide) groups is 1. The average Bonchev–Trinajstić information content (AvgIpc) is 2.93. The number of nitrogens with zero attached hydrogens (tertiary/aromatic N) is 2. The van der Waals surface area contributed by atoms with E-state index in [1.165, 1.54) is 36.1 Å². The Morgan fingerprint density at radius 3 is 3.00 bits per heavy atom. The molecule has 1 aromatic rings. The van der Waals surface area contributed by atoms with Crippen molar-refractivity contribution >= 4 is 23.5 Å². The van der Waals surface area contributed by atoms with Gasteiger partial charge in [0.15, 0.2) is 0 Å². The second kappa shape index (κ2) is 5.45. The van der Waals surface area contributed by atoms with Gasteiger partial charge >= 0.3 is 0 Å². The topological polar surface area (TPSA) is 61.0 Å². The summed E-state index contributed by atoms with van der Waals surface area (Å²) in [5, 5.41) is 0. The molecule has 1 aromatic heterocycles. The van der Waals surface area contributed by atoms with E-state index in [-0.39, 0.29) is 11.6 Å². The minimum atomic E-state index is 0.0269. The molecule has 0 aliphatic carbocycles. The number of aromatic nitrogens is 2. The summed E-state index contributed by atoms with van der Waals surface area (Å²) in [5.41, 5.74) is 7.41. The maximum atomic E-state index is 6.35. The molecule has 2 unspecified atom stereocenters. The van der Waals surface area contributed by atoms with Crippen LogP contribution in [0.4, 0.5) is 0 Å². The van der Waals surface area contributed by atoms with Crippen molar-refractivity contribution in [3.8, 4) is 0 Å². The van der Waals surface area contributed by atoms with Crippen LogP contribution in [0.25, 0.3) is 0 Å². The minimum absolute atomic E-state index is 0.0269. The van der Waals surface area contributed by atoms with Gasteiger partial charge in [0.05, 0.1) is 35.3 Å². The van der Waals surface area contributed by atoms with Gasteiger partial charge in [0.25, 0.3) is 0 Å². The van der Waals surface area contributed by atoms with Crippen molar-refractivity contribution in [3.05, 3.63) is 11.9 Å². The SMILES string of the molecule is NC(c1cnsn1)C1CCOC2(CCSCC2)C1. The smallest absolute Gasteiger partial charge is 0.0912 e. The summed E-state index contributed by atoms with van der Waals surface area (Å²) < 4.78 is 14.4. The zero-order valence-electron chi connectivity index (χ0n) is 10.4. The third kappa shape index (κ3) is 2.57. The van der Waals surface area contributed by atoms with Crippen LogP contribution in [-0.2, 0) is 4.74 Å². The van der Waals surface area contributed by atoms with Crippen LogP contribution < -0.4 is 5.73 Å². The third-order valence-corrected chi connectivity index (χ3v) is 5.64. The first-order valence-corrected chi connectivity index (χ1v) is 8.42. The van der Waals surface area contributed by atoms with Gasteiger partial charge in [-0.2, -0.15) is 20.5 Å². The Bertz CT molecular complexity index is 373. The van der Waals surface area contributed by atoms with E-state index in [0.29, 0.717) is 5.92 Å². The molecule has 0 bridgehead atoms. The Morgan fingerprint density at radius 1 is 1.44 bits per heavy atom. The van der Waals surface area contributed by atoms with Crippen LogP contribution >= 0.6 is 23.5 Å². The standard InChI is InChI=1S/C12H19N3OS2/c13-11(10-8-14-18-15-10)9-1-4-16-12(7-9)2-5-17-6-3-12/h8-9,11H,1-7,13H2. The molecule has 4 nitrogen and oxygen atoms in total. The predicted molar refractivity (Wildman–Crippen MR) is 74.8 cm³/mol. The molecule has 18 heavy (non-hydrogen) atoms. The Hall–Kier alpha value is -0.170. The molecule has 2 aliphatic rings. The van der Waals surface area contributed by atoms with E-state index in [2.05, 4.69) is 8.75 Å². The van der Waals surface area contributed by atoms with Crippen LogP contribution in [0.3, 0.4) is 0 Å². The van der Waals surface area contributed by atoms with Crippen LogP contribution in [0.1, 0.15) is 37.4 Å². The van der Waals surface area contributed by atoms with Gasteiger partial charge in [0.2, 0.25) is 0 Å². The lowest BCUT2D eigenvalue weighted by Crippen LogP contribution is -2.45. The van der Waals surface area contributed by atoms with Crippen molar-refractivity contribution in [1.29, 1.82) is 0 Å².